The van der Waals surface area contributed by atoms with Gasteiger partial charge in [0.05, 0.1) is 0 Å². The minimum Gasteiger partial charge on any atom is -0.374 e. The second kappa shape index (κ2) is 8.34. The quantitative estimate of drug-likeness (QED) is 0.842. The molecule has 1 aliphatic carbocycles. The van der Waals surface area contributed by atoms with Gasteiger partial charge in [-0.2, -0.15) is 0 Å². The molecule has 2 aromatic rings. The highest BCUT2D eigenvalue weighted by Gasteiger charge is 2.19. The number of aryl methyl sites for hydroxylation is 1. The Labute approximate surface area is 151 Å². The summed E-state index contributed by atoms with van der Waals surface area (Å²) >= 11 is 0. The number of aromatic nitrogens is 1. The molecule has 4 nitrogen and oxygen atoms in total. The summed E-state index contributed by atoms with van der Waals surface area (Å²) in [6.45, 7) is 3.12. The number of hydrogen-bond donors (Lipinski definition) is 2. The summed E-state index contributed by atoms with van der Waals surface area (Å²) in [5.41, 5.74) is 9.84. The van der Waals surface area contributed by atoms with Crippen LogP contribution < -0.4 is 16.0 Å². The summed E-state index contributed by atoms with van der Waals surface area (Å²) in [5.74, 6) is 0.979. The van der Waals surface area contributed by atoms with Gasteiger partial charge in [0.25, 0.3) is 0 Å². The van der Waals surface area contributed by atoms with E-state index < -0.39 is 0 Å². The minimum atomic E-state index is 0.378. The van der Waals surface area contributed by atoms with E-state index in [1.807, 2.05) is 6.20 Å². The molecule has 0 saturated heterocycles. The predicted octanol–water partition coefficient (Wildman–Crippen LogP) is 3.75. The first kappa shape index (κ1) is 17.7. The van der Waals surface area contributed by atoms with Crippen molar-refractivity contribution in [2.24, 2.45) is 5.73 Å². The summed E-state index contributed by atoms with van der Waals surface area (Å²) in [6.07, 6.45) is 7.50. The van der Waals surface area contributed by atoms with Gasteiger partial charge in [0.2, 0.25) is 0 Å². The van der Waals surface area contributed by atoms with Crippen molar-refractivity contribution < 1.29 is 0 Å². The van der Waals surface area contributed by atoms with Gasteiger partial charge in [-0.15, -0.1) is 0 Å². The predicted molar refractivity (Wildman–Crippen MR) is 106 cm³/mol. The third-order valence-electron chi connectivity index (χ3n) is 5.19. The highest BCUT2D eigenvalue weighted by Crippen LogP contribution is 2.25. The number of nitrogens with two attached hydrogens (primary N) is 1. The van der Waals surface area contributed by atoms with E-state index in [0.29, 0.717) is 12.1 Å². The Morgan fingerprint density at radius 3 is 2.60 bits per heavy atom. The second-order valence-electron chi connectivity index (χ2n) is 7.27. The van der Waals surface area contributed by atoms with Gasteiger partial charge in [0.1, 0.15) is 5.82 Å². The standard InChI is InChI=1S/C21H30N4/c1-16-15-23-21(24-19-10-8-18(22)9-11-19)14-20(16)25(2)13-12-17-6-4-3-5-7-17/h3-7,14-15,18-19H,8-13,22H2,1-2H3,(H,23,24). The number of rotatable bonds is 6. The van der Waals surface area contributed by atoms with Crippen molar-refractivity contribution in [3.05, 3.63) is 53.7 Å². The van der Waals surface area contributed by atoms with Crippen LogP contribution in [0.4, 0.5) is 11.5 Å². The highest BCUT2D eigenvalue weighted by atomic mass is 15.1. The fourth-order valence-electron chi connectivity index (χ4n) is 3.54. The molecule has 1 aromatic heterocycles. The smallest absolute Gasteiger partial charge is 0.128 e. The maximum absolute atomic E-state index is 6.01. The van der Waals surface area contributed by atoms with Crippen LogP contribution in [0.1, 0.15) is 36.8 Å². The molecule has 134 valence electrons. The molecule has 3 N–H and O–H groups in total. The van der Waals surface area contributed by atoms with E-state index in [-0.39, 0.29) is 0 Å². The number of nitrogens with zero attached hydrogens (tertiary/aromatic N) is 2. The molecule has 0 amide bonds. The fourth-order valence-corrected chi connectivity index (χ4v) is 3.54. The Morgan fingerprint density at radius 1 is 1.16 bits per heavy atom. The van der Waals surface area contributed by atoms with Gasteiger partial charge in [-0.3, -0.25) is 0 Å². The SMILES string of the molecule is Cc1cnc(NC2CCC(N)CC2)cc1N(C)CCc1ccccc1. The largest absolute Gasteiger partial charge is 0.374 e. The van der Waals surface area contributed by atoms with E-state index >= 15 is 0 Å². The molecule has 1 saturated carbocycles. The fraction of sp³-hybridized carbons (Fsp3) is 0.476. The van der Waals surface area contributed by atoms with Crippen LogP contribution in [0.2, 0.25) is 0 Å². The van der Waals surface area contributed by atoms with Crippen LogP contribution in [0.15, 0.2) is 42.6 Å². The molecule has 4 heteroatoms. The van der Waals surface area contributed by atoms with E-state index in [0.717, 1.165) is 44.5 Å². The van der Waals surface area contributed by atoms with E-state index in [9.17, 15) is 0 Å². The van der Waals surface area contributed by atoms with E-state index in [1.54, 1.807) is 0 Å². The molecule has 0 atom stereocenters. The number of benzene rings is 1. The summed E-state index contributed by atoms with van der Waals surface area (Å²) in [7, 11) is 2.16. The summed E-state index contributed by atoms with van der Waals surface area (Å²) in [6, 6.07) is 13.7. The average molecular weight is 338 g/mol. The molecule has 0 spiro atoms. The molecule has 3 rings (SSSR count). The monoisotopic (exact) mass is 338 g/mol. The van der Waals surface area contributed by atoms with Crippen LogP contribution in [-0.2, 0) is 6.42 Å². The third kappa shape index (κ3) is 4.95. The zero-order valence-electron chi connectivity index (χ0n) is 15.4. The summed E-state index contributed by atoms with van der Waals surface area (Å²) < 4.78 is 0. The van der Waals surface area contributed by atoms with E-state index in [1.165, 1.54) is 16.8 Å². The van der Waals surface area contributed by atoms with Crippen molar-refractivity contribution in [1.82, 2.24) is 4.98 Å². The van der Waals surface area contributed by atoms with Crippen molar-refractivity contribution in [3.8, 4) is 0 Å². The lowest BCUT2D eigenvalue weighted by atomic mass is 9.92. The topological polar surface area (TPSA) is 54.2 Å². The number of hydrogen-bond acceptors (Lipinski definition) is 4. The Balaban J connectivity index is 1.62. The van der Waals surface area contributed by atoms with Gasteiger partial charge in [-0.05, 0) is 50.2 Å². The molecule has 0 radical (unpaired) electrons. The van der Waals surface area contributed by atoms with Crippen molar-refractivity contribution >= 4 is 11.5 Å². The normalized spacial score (nSPS) is 20.3. The highest BCUT2D eigenvalue weighted by molar-refractivity contribution is 5.58. The molecule has 25 heavy (non-hydrogen) atoms. The van der Waals surface area contributed by atoms with Gasteiger partial charge >= 0.3 is 0 Å². The number of likely N-dealkylation sites (N-methyl/N-ethyl adjacent to an activating group) is 1. The molecule has 1 aliphatic rings. The minimum absolute atomic E-state index is 0.378. The van der Waals surface area contributed by atoms with Crippen molar-refractivity contribution in [2.75, 3.05) is 23.8 Å². The van der Waals surface area contributed by atoms with Crippen molar-refractivity contribution in [2.45, 2.75) is 51.1 Å². The van der Waals surface area contributed by atoms with Crippen LogP contribution in [0, 0.1) is 6.92 Å². The number of pyridine rings is 1. The number of nitrogens with one attached hydrogen (secondary N) is 1. The van der Waals surface area contributed by atoms with E-state index in [4.69, 9.17) is 5.73 Å². The lowest BCUT2D eigenvalue weighted by molar-refractivity contribution is 0.410. The number of anilines is 2. The second-order valence-corrected chi connectivity index (χ2v) is 7.27. The van der Waals surface area contributed by atoms with Crippen LogP contribution in [0.3, 0.4) is 0 Å². The zero-order chi connectivity index (χ0) is 17.6. The first-order valence-corrected chi connectivity index (χ1v) is 9.35. The lowest BCUT2D eigenvalue weighted by Crippen LogP contribution is -2.33. The summed E-state index contributed by atoms with van der Waals surface area (Å²) in [5, 5.41) is 3.60. The van der Waals surface area contributed by atoms with Crippen LogP contribution in [-0.4, -0.2) is 30.7 Å². The molecular formula is C21H30N4. The Bertz CT molecular complexity index is 663. The van der Waals surface area contributed by atoms with E-state index in [2.05, 4.69) is 65.6 Å². The Kier molecular flexibility index (Phi) is 5.92. The molecular weight excluding hydrogens is 308 g/mol. The molecule has 1 aromatic carbocycles. The molecule has 0 aliphatic heterocycles. The maximum Gasteiger partial charge on any atom is 0.128 e. The maximum atomic E-state index is 6.01. The third-order valence-corrected chi connectivity index (χ3v) is 5.19. The van der Waals surface area contributed by atoms with Crippen LogP contribution in [0.25, 0.3) is 0 Å². The lowest BCUT2D eigenvalue weighted by Gasteiger charge is -2.28. The van der Waals surface area contributed by atoms with Gasteiger partial charge in [-0.25, -0.2) is 4.98 Å². The molecule has 0 bridgehead atoms. The Hall–Kier alpha value is -2.07. The van der Waals surface area contributed by atoms with Gasteiger partial charge in [0.15, 0.2) is 0 Å². The van der Waals surface area contributed by atoms with Gasteiger partial charge < -0.3 is 16.0 Å². The molecule has 1 heterocycles. The van der Waals surface area contributed by atoms with Gasteiger partial charge in [0, 0.05) is 43.6 Å². The average Bonchev–Trinajstić information content (AvgIpc) is 2.64. The first-order valence-electron chi connectivity index (χ1n) is 9.35. The Morgan fingerprint density at radius 2 is 1.88 bits per heavy atom. The van der Waals surface area contributed by atoms with Crippen molar-refractivity contribution in [3.63, 3.8) is 0 Å². The zero-order valence-corrected chi connectivity index (χ0v) is 15.4. The molecule has 1 fully saturated rings. The first-order chi connectivity index (χ1) is 12.1. The van der Waals surface area contributed by atoms with Crippen LogP contribution in [0.5, 0.6) is 0 Å². The van der Waals surface area contributed by atoms with Gasteiger partial charge in [-0.1, -0.05) is 30.3 Å². The van der Waals surface area contributed by atoms with Crippen LogP contribution >= 0.6 is 0 Å². The molecule has 0 unspecified atom stereocenters. The van der Waals surface area contributed by atoms with Crippen molar-refractivity contribution in [1.29, 1.82) is 0 Å². The summed E-state index contributed by atoms with van der Waals surface area (Å²) in [4.78, 5) is 6.91.